The molecule has 0 saturated heterocycles. The maximum atomic E-state index is 10.8. The van der Waals surface area contributed by atoms with Crippen molar-refractivity contribution in [1.82, 2.24) is 0 Å². The van der Waals surface area contributed by atoms with Crippen molar-refractivity contribution in [2.24, 2.45) is 5.92 Å². The molecular formula is C28H57NaO4S. The fourth-order valence-corrected chi connectivity index (χ4v) is 5.04. The molecule has 0 fully saturated rings. The van der Waals surface area contributed by atoms with E-state index in [-0.39, 0.29) is 42.1 Å². The van der Waals surface area contributed by atoms with Gasteiger partial charge in [0, 0.05) is 0 Å². The predicted octanol–water partition coefficient (Wildman–Crippen LogP) is 6.49. The topological polar surface area (TPSA) is 66.4 Å². The summed E-state index contributed by atoms with van der Waals surface area (Å²) < 4.78 is 37.0. The molecule has 0 aromatic heterocycles. The van der Waals surface area contributed by atoms with Crippen LogP contribution in [0.3, 0.4) is 0 Å². The maximum absolute atomic E-state index is 10.8. The van der Waals surface area contributed by atoms with E-state index in [0.29, 0.717) is 0 Å². The van der Waals surface area contributed by atoms with Gasteiger partial charge in [-0.1, -0.05) is 155 Å². The first kappa shape index (κ1) is 37.0. The molecule has 0 aliphatic rings. The largest absolute Gasteiger partial charge is 1.00 e. The Morgan fingerprint density at radius 2 is 0.794 bits per heavy atom. The molecule has 0 radical (unpaired) electrons. The molecule has 34 heavy (non-hydrogen) atoms. The molecule has 200 valence electrons. The second-order valence-electron chi connectivity index (χ2n) is 10.2. The zero-order valence-corrected chi connectivity index (χ0v) is 26.1. The maximum Gasteiger partial charge on any atom is 1.00 e. The summed E-state index contributed by atoms with van der Waals surface area (Å²) in [6.45, 7) is 4.55. The minimum absolute atomic E-state index is 0. The number of unbranched alkanes of at least 4 members (excludes halogenated alkanes) is 20. The van der Waals surface area contributed by atoms with Crippen LogP contribution in [0.2, 0.25) is 0 Å². The third-order valence-corrected chi connectivity index (χ3v) is 7.30. The van der Waals surface area contributed by atoms with Crippen LogP contribution in [0, 0.1) is 5.92 Å². The summed E-state index contributed by atoms with van der Waals surface area (Å²) in [5.74, 6) is 0.201. The van der Waals surface area contributed by atoms with E-state index < -0.39 is 10.4 Å². The first-order valence-electron chi connectivity index (χ1n) is 14.6. The Labute approximate surface area is 236 Å². The minimum Gasteiger partial charge on any atom is -0.726 e. The summed E-state index contributed by atoms with van der Waals surface area (Å²) in [6, 6.07) is 0. The van der Waals surface area contributed by atoms with Crippen LogP contribution in [0.15, 0.2) is 0 Å². The van der Waals surface area contributed by atoms with Crippen LogP contribution in [-0.4, -0.2) is 19.6 Å². The van der Waals surface area contributed by atoms with Crippen molar-refractivity contribution < 1.29 is 46.7 Å². The molecule has 6 heteroatoms. The Morgan fingerprint density at radius 1 is 0.529 bits per heavy atom. The van der Waals surface area contributed by atoms with E-state index in [2.05, 4.69) is 18.0 Å². The molecule has 0 bridgehead atoms. The molecule has 0 spiro atoms. The van der Waals surface area contributed by atoms with Crippen molar-refractivity contribution in [2.75, 3.05) is 6.61 Å². The average Bonchev–Trinajstić information content (AvgIpc) is 2.78. The second kappa shape index (κ2) is 28.4. The fraction of sp³-hybridized carbons (Fsp3) is 1.00. The molecule has 1 unspecified atom stereocenters. The van der Waals surface area contributed by atoms with Gasteiger partial charge >= 0.3 is 29.6 Å². The number of rotatable bonds is 27. The molecule has 0 heterocycles. The molecule has 0 rings (SSSR count). The molecule has 1 atom stereocenters. The number of hydrogen-bond acceptors (Lipinski definition) is 4. The van der Waals surface area contributed by atoms with E-state index in [1.54, 1.807) is 0 Å². The van der Waals surface area contributed by atoms with Gasteiger partial charge in [0.2, 0.25) is 10.4 Å². The van der Waals surface area contributed by atoms with Gasteiger partial charge in [-0.2, -0.15) is 0 Å². The summed E-state index contributed by atoms with van der Waals surface area (Å²) in [7, 11) is -4.57. The van der Waals surface area contributed by atoms with Gasteiger partial charge in [0.1, 0.15) is 0 Å². The van der Waals surface area contributed by atoms with Crippen molar-refractivity contribution in [3.63, 3.8) is 0 Å². The van der Waals surface area contributed by atoms with Crippen molar-refractivity contribution in [1.29, 1.82) is 0 Å². The monoisotopic (exact) mass is 512 g/mol. The quantitative estimate of drug-likeness (QED) is 0.0546. The molecule has 0 aliphatic heterocycles. The van der Waals surface area contributed by atoms with Crippen molar-refractivity contribution in [2.45, 2.75) is 168 Å². The standard InChI is InChI=1S/C28H58O4S.Na/c1-3-5-7-9-10-11-12-13-14-15-16-17-18-19-20-22-24-26-28(27-32-33(29,30)31)25-23-21-8-6-4-2;/h28H,3-27H2,1-2H3,(H,29,30,31);/q;+1/p-1. The predicted molar refractivity (Wildman–Crippen MR) is 141 cm³/mol. The van der Waals surface area contributed by atoms with Gasteiger partial charge in [0.25, 0.3) is 0 Å². The Bertz CT molecular complexity index is 485. The minimum atomic E-state index is -4.57. The van der Waals surface area contributed by atoms with Crippen LogP contribution in [-0.2, 0) is 14.6 Å². The first-order chi connectivity index (χ1) is 16.0. The Kier molecular flexibility index (Phi) is 31.0. The zero-order valence-electron chi connectivity index (χ0n) is 23.3. The van der Waals surface area contributed by atoms with Crippen molar-refractivity contribution >= 4 is 10.4 Å². The summed E-state index contributed by atoms with van der Waals surface area (Å²) in [6.07, 6.45) is 31.1. The van der Waals surface area contributed by atoms with Crippen LogP contribution in [0.5, 0.6) is 0 Å². The SMILES string of the molecule is CCCCCCCCCCCCCCCCCCCC(CCCCCCC)COS(=O)(=O)[O-].[Na+]. The molecule has 0 aliphatic carbocycles. The Balaban J connectivity index is 0. The van der Waals surface area contributed by atoms with Crippen LogP contribution >= 0.6 is 0 Å². The molecule has 0 aromatic rings. The van der Waals surface area contributed by atoms with E-state index in [1.807, 2.05) is 0 Å². The van der Waals surface area contributed by atoms with Gasteiger partial charge in [0.05, 0.1) is 6.61 Å². The van der Waals surface area contributed by atoms with E-state index in [4.69, 9.17) is 0 Å². The summed E-state index contributed by atoms with van der Waals surface area (Å²) in [5.41, 5.74) is 0. The fourth-order valence-electron chi connectivity index (χ4n) is 4.69. The van der Waals surface area contributed by atoms with Crippen LogP contribution < -0.4 is 29.6 Å². The Morgan fingerprint density at radius 3 is 1.06 bits per heavy atom. The molecule has 4 nitrogen and oxygen atoms in total. The van der Waals surface area contributed by atoms with E-state index in [0.717, 1.165) is 25.7 Å². The van der Waals surface area contributed by atoms with E-state index in [1.165, 1.54) is 128 Å². The summed E-state index contributed by atoms with van der Waals surface area (Å²) >= 11 is 0. The molecule has 0 saturated carbocycles. The smallest absolute Gasteiger partial charge is 0.726 e. The van der Waals surface area contributed by atoms with E-state index >= 15 is 0 Å². The summed E-state index contributed by atoms with van der Waals surface area (Å²) in [5, 5.41) is 0. The number of hydrogen-bond donors (Lipinski definition) is 0. The molecule has 0 N–H and O–H groups in total. The van der Waals surface area contributed by atoms with Crippen molar-refractivity contribution in [3.05, 3.63) is 0 Å². The van der Waals surface area contributed by atoms with Gasteiger partial charge in [-0.05, 0) is 18.8 Å². The van der Waals surface area contributed by atoms with Crippen molar-refractivity contribution in [3.8, 4) is 0 Å². The van der Waals surface area contributed by atoms with E-state index in [9.17, 15) is 13.0 Å². The van der Waals surface area contributed by atoms with Crippen LogP contribution in [0.1, 0.15) is 168 Å². The normalized spacial score (nSPS) is 12.6. The second-order valence-corrected chi connectivity index (χ2v) is 11.3. The van der Waals surface area contributed by atoms with Gasteiger partial charge < -0.3 is 4.55 Å². The molecule has 0 aromatic carbocycles. The van der Waals surface area contributed by atoms with Gasteiger partial charge in [0.15, 0.2) is 0 Å². The zero-order chi connectivity index (χ0) is 24.5. The third-order valence-electron chi connectivity index (χ3n) is 6.88. The summed E-state index contributed by atoms with van der Waals surface area (Å²) in [4.78, 5) is 0. The van der Waals surface area contributed by atoms with Crippen LogP contribution in [0.4, 0.5) is 0 Å². The van der Waals surface area contributed by atoms with Gasteiger partial charge in [-0.25, -0.2) is 8.42 Å². The van der Waals surface area contributed by atoms with Gasteiger partial charge in [-0.3, -0.25) is 4.18 Å². The van der Waals surface area contributed by atoms with Crippen LogP contribution in [0.25, 0.3) is 0 Å². The first-order valence-corrected chi connectivity index (χ1v) is 15.9. The third kappa shape index (κ3) is 30.9. The Hall–Kier alpha value is 0.870. The molecule has 0 amide bonds. The average molecular weight is 513 g/mol. The van der Waals surface area contributed by atoms with Gasteiger partial charge in [-0.15, -0.1) is 0 Å². The molecular weight excluding hydrogens is 455 g/mol.